The van der Waals surface area contributed by atoms with Gasteiger partial charge in [0.05, 0.1) is 23.8 Å². The molecule has 14 heterocycles. The SMILES string of the molecule is C.C.C1CCOC1.CC(C)(C)OC(=O)N1CCCC1=O.CC(C)(C)OC(=O)NCCCC(=O)c1ncc[nH]1.CNC(=O)Nc1ccc2c(c1)CCC21OC(=O)N(CC(=O)N2CCCC2c2ncc[nH]2)C1=O.CNC(=O)Nc1ccc2c(c1)CCC21OC(=O)N(CC(=O)O)C1=O.CO.Ic1ncc[nH]1.O=CC(F)(F)F.[2H]CC.[B].[H-].[Na+].c1c[nH]c(C2=NCCC2)n1.c1c[nH]c(C2CCCN2)n1.c1c[nH]c(C2CCCN2)n1. The van der Waals surface area contributed by atoms with Gasteiger partial charge in [0.15, 0.2) is 21.3 Å². The maximum Gasteiger partial charge on any atom is 1.00 e. The molecule has 7 saturated heterocycles. The van der Waals surface area contributed by atoms with Crippen molar-refractivity contribution >= 4 is 126 Å². The van der Waals surface area contributed by atoms with E-state index in [0.717, 1.165) is 109 Å². The van der Waals surface area contributed by atoms with E-state index in [-0.39, 0.29) is 103 Å². The van der Waals surface area contributed by atoms with Crippen molar-refractivity contribution in [3.8, 4) is 0 Å². The Labute approximate surface area is 869 Å². The number of aliphatic hydroxyl groups is 1. The molecule has 143 heavy (non-hydrogen) atoms. The first-order valence-corrected chi connectivity index (χ1v) is 46.3. The van der Waals surface area contributed by atoms with Crippen LogP contribution >= 0.6 is 22.6 Å². The summed E-state index contributed by atoms with van der Waals surface area (Å²) in [4.78, 5) is 202. The molecule has 5 atom stereocenters. The number of halogens is 4. The van der Waals surface area contributed by atoms with Crippen molar-refractivity contribution in [1.82, 2.24) is 106 Å². The molecule has 18 rings (SSSR count). The molecule has 2 aromatic carbocycles. The molecule has 2 spiro atoms. The van der Waals surface area contributed by atoms with Crippen LogP contribution in [0.25, 0.3) is 0 Å². The number of hydrogen-bond acceptors (Lipinski definition) is 28. The molecule has 8 aliphatic heterocycles. The van der Waals surface area contributed by atoms with Gasteiger partial charge in [0.2, 0.25) is 29.3 Å². The molecular weight excluding hydrogens is 1990 g/mol. The third kappa shape index (κ3) is 39.4. The van der Waals surface area contributed by atoms with E-state index < -0.39 is 83.6 Å². The number of aromatic amines is 6. The smallest absolute Gasteiger partial charge is 1.00 e. The Morgan fingerprint density at radius 3 is 1.49 bits per heavy atom. The van der Waals surface area contributed by atoms with E-state index in [4.69, 9.17) is 40.1 Å². The molecule has 5 unspecified atom stereocenters. The Morgan fingerprint density at radius 1 is 0.622 bits per heavy atom. The molecule has 7 fully saturated rings. The fourth-order valence-electron chi connectivity index (χ4n) is 15.2. The fourth-order valence-corrected chi connectivity index (χ4v) is 15.5. The first-order chi connectivity index (χ1) is 66.8. The number of likely N-dealkylation sites (tertiary alicyclic amines) is 2. The number of fused-ring (bicyclic) bond motifs is 4. The number of aldehydes is 1. The zero-order valence-corrected chi connectivity index (χ0v) is 85.1. The number of nitrogens with one attached hydrogen (secondary N) is 13. The molecule has 0 bridgehead atoms. The number of nitrogens with zero attached hydrogens (tertiary/aromatic N) is 11. The predicted molar refractivity (Wildman–Crippen MR) is 529 cm³/mol. The minimum absolute atomic E-state index is 0. The number of aliphatic imine (C=N–C) groups is 1. The number of alkyl halides is 3. The van der Waals surface area contributed by atoms with Crippen molar-refractivity contribution < 1.29 is 142 Å². The van der Waals surface area contributed by atoms with E-state index in [0.29, 0.717) is 116 Å². The van der Waals surface area contributed by atoms with Crippen LogP contribution in [0.4, 0.5) is 53.3 Å². The number of anilines is 2. The Kier molecular flexibility index (Phi) is 53.6. The zero-order chi connectivity index (χ0) is 103. The van der Waals surface area contributed by atoms with Crippen LogP contribution in [0.1, 0.15) is 250 Å². The minimum Gasteiger partial charge on any atom is -1.00 e. The number of benzene rings is 2. The van der Waals surface area contributed by atoms with Crippen LogP contribution < -0.4 is 66.8 Å². The van der Waals surface area contributed by atoms with E-state index >= 15 is 0 Å². The van der Waals surface area contributed by atoms with Crippen LogP contribution in [0.15, 0.2) is 116 Å². The Bertz CT molecular complexity index is 5240. The Morgan fingerprint density at radius 2 is 1.10 bits per heavy atom. The molecule has 12 amide bonds. The summed E-state index contributed by atoms with van der Waals surface area (Å²) in [5.41, 5.74) is 1.02. The molecule has 44 nitrogen and oxygen atoms in total. The molecule has 8 aromatic rings. The fraction of sp³-hybridized carbons (Fsp3) is 0.527. The van der Waals surface area contributed by atoms with Crippen molar-refractivity contribution in [3.05, 3.63) is 166 Å². The van der Waals surface area contributed by atoms with Crippen molar-refractivity contribution in [1.29, 1.82) is 0 Å². The monoisotopic (exact) mass is 2130 g/mol. The van der Waals surface area contributed by atoms with Gasteiger partial charge in [-0.15, -0.1) is 0 Å². The molecule has 0 saturated carbocycles. The van der Waals surface area contributed by atoms with Gasteiger partial charge in [-0.3, -0.25) is 38.6 Å². The van der Waals surface area contributed by atoms with Gasteiger partial charge in [-0.05, 0) is 203 Å². The van der Waals surface area contributed by atoms with Gasteiger partial charge in [-0.2, -0.15) is 13.2 Å². The number of rotatable bonds is 15. The molecule has 6 aromatic heterocycles. The van der Waals surface area contributed by atoms with Crippen molar-refractivity contribution in [3.63, 3.8) is 0 Å². The first kappa shape index (κ1) is 123. The van der Waals surface area contributed by atoms with Crippen LogP contribution in [0.5, 0.6) is 0 Å². The van der Waals surface area contributed by atoms with Crippen molar-refractivity contribution in [2.75, 3.05) is 97.4 Å². The number of hydrogen-bond donors (Lipinski definition) is 15. The van der Waals surface area contributed by atoms with Gasteiger partial charge in [0.25, 0.3) is 11.8 Å². The average Bonchev–Trinajstić information content (AvgIpc) is 1.57. The Hall–Kier alpha value is -12.3. The third-order valence-electron chi connectivity index (χ3n) is 21.3. The summed E-state index contributed by atoms with van der Waals surface area (Å²) in [6, 6.07) is 10.1. The summed E-state index contributed by atoms with van der Waals surface area (Å²) in [5.74, 6) is 1.15. The summed E-state index contributed by atoms with van der Waals surface area (Å²) in [6.07, 6.45) is 27.4. The van der Waals surface area contributed by atoms with E-state index in [9.17, 15) is 70.7 Å². The Balaban J connectivity index is 0.000000567. The molecular formula is C93H135BF3IN24NaO20. The summed E-state index contributed by atoms with van der Waals surface area (Å²) in [5, 5.41) is 35.4. The number of imidazole rings is 6. The summed E-state index contributed by atoms with van der Waals surface area (Å²) >= 11 is 2.11. The van der Waals surface area contributed by atoms with Crippen molar-refractivity contribution in [2.45, 2.75) is 233 Å². The number of carbonyl (C=O) groups excluding carboxylic acids is 12. The van der Waals surface area contributed by atoms with Crippen LogP contribution in [0.3, 0.4) is 0 Å². The number of ketones is 1. The summed E-state index contributed by atoms with van der Waals surface area (Å²) < 4.78 is 64.4. The number of aliphatic carboxylic acids is 1. The standard InChI is InChI=1S/C22H24N6O5.C15H15N3O6.C12H19N3O3.C9H15NO3.2C7H11N3.C7H9N3.C4H8O.C3H3IN2.C2HF3O.C2H6.CH4O.2CH4.B.Na.H/c1-23-20(31)26-14-4-5-15-13(11-14)6-7-22(15)19(30)28(21(32)33-22)12-17(29)27-10-2-3-16(27)18-24-8-9-25-18;1-16-13(22)17-9-2-3-10-8(6-9)4-5-15(10)12(21)18(7-11(19)20)14(23)24-15;1-12(2,3)18-11(17)15-6-4-5-9(16)10-13-7-8-14-10;1-9(2,3)13-8(12)10-6-4-5-7(10)11;3*1-2-6(8-3-1)7-9-4-5-10-7;1-2-4-5-3-1;4-3-5-1-2-6-3;3-2(4,5)1-6;2*1-2;;;;;/h4-5,8-9,11,16H,2-3,6-7,10,12H2,1H3,(H,24,25)(H2,23,26,31);2-3,6H,4-5,7H2,1H3,(H,19,20)(H2,16,17,22);7-8H,4-6H2,1-3H3,(H,13,14)(H,15,17);4-6H2,1-3H3;2*4-6,8H,1-3H2,(H,9,10);4-5H,1-3H2,(H,9,10);1-4H2;1-2H,(H,5,6);1H;1-2H3;2H,1H3;2*1H4;;;/q;;;;;;;;;;;;;;;+1;-1/i;;;;;;;;;;1D;;;;;;. The maximum atomic E-state index is 13.4. The number of carbonyl (C=O) groups is 13. The molecule has 50 heteroatoms. The van der Waals surface area contributed by atoms with Gasteiger partial charge in [-0.25, -0.2) is 73.4 Å². The maximum absolute atomic E-state index is 13.4. The second-order valence-corrected chi connectivity index (χ2v) is 34.5. The number of ether oxygens (including phenoxy) is 5. The van der Waals surface area contributed by atoms with Crippen LogP contribution in [0, 0.1) is 3.83 Å². The third-order valence-corrected chi connectivity index (χ3v) is 21.9. The number of urea groups is 2. The molecule has 3 radical (unpaired) electrons. The molecule has 2 aliphatic carbocycles. The normalized spacial score (nSPS) is 18.7. The number of imide groups is 3. The van der Waals surface area contributed by atoms with Gasteiger partial charge in [0.1, 0.15) is 41.8 Å². The number of H-pyrrole nitrogens is 6. The van der Waals surface area contributed by atoms with E-state index in [1.54, 1.807) is 139 Å². The second kappa shape index (κ2) is 62.3. The molecule has 10 aliphatic rings. The quantitative estimate of drug-likeness (QED) is 0.0113. The summed E-state index contributed by atoms with van der Waals surface area (Å²) in [7, 11) is 4.01. The van der Waals surface area contributed by atoms with E-state index in [2.05, 4.69) is 125 Å². The van der Waals surface area contributed by atoms with Crippen molar-refractivity contribution in [2.24, 2.45) is 4.99 Å². The molecule has 779 valence electrons. The van der Waals surface area contributed by atoms with Crippen LogP contribution in [-0.4, -0.2) is 286 Å². The van der Waals surface area contributed by atoms with Crippen LogP contribution in [0.2, 0.25) is 0 Å². The van der Waals surface area contributed by atoms with Gasteiger partial charge >= 0.3 is 78.1 Å². The number of aliphatic hydroxyl groups excluding tert-OH is 1. The topological polar surface area (TPSA) is 590 Å². The number of Topliss-reactive ketones (excluding diaryl/α,β-unsaturated/α-hetero) is 1. The molecule has 15 N–H and O–H groups in total. The summed E-state index contributed by atoms with van der Waals surface area (Å²) in [6.45, 7) is 18.6. The average molecular weight is 2130 g/mol. The van der Waals surface area contributed by atoms with Crippen LogP contribution in [-0.2, 0) is 76.5 Å². The minimum atomic E-state index is -4.64. The largest absolute Gasteiger partial charge is 1.00 e. The number of carboxylic acid groups (broad SMARTS) is 1. The number of aromatic nitrogens is 12. The number of aryl methyl sites for hydroxylation is 2. The zero-order valence-electron chi connectivity index (χ0n) is 83.0. The number of alkyl carbamates (subject to hydrolysis) is 1. The first-order valence-electron chi connectivity index (χ1n) is 45.9. The van der Waals surface area contributed by atoms with E-state index in [1.165, 1.54) is 70.1 Å². The van der Waals surface area contributed by atoms with Gasteiger partial charge in [0, 0.05) is 193 Å². The predicted octanol–water partition coefficient (Wildman–Crippen LogP) is 9.59. The second-order valence-electron chi connectivity index (χ2n) is 33.4. The number of amides is 12. The van der Waals surface area contributed by atoms with Gasteiger partial charge in [-0.1, -0.05) is 40.8 Å². The number of carboxylic acids is 1. The van der Waals surface area contributed by atoms with Gasteiger partial charge < -0.3 is 107 Å². The van der Waals surface area contributed by atoms with E-state index in [1.807, 2.05) is 18.6 Å².